The fourth-order valence-corrected chi connectivity index (χ4v) is 1.04. The van der Waals surface area contributed by atoms with Crippen LogP contribution in [0.3, 0.4) is 0 Å². The molecule has 1 aliphatic heterocycles. The van der Waals surface area contributed by atoms with Gasteiger partial charge in [-0.3, -0.25) is 14.5 Å². The van der Waals surface area contributed by atoms with Gasteiger partial charge in [0.2, 0.25) is 5.91 Å². The van der Waals surface area contributed by atoms with Crippen molar-refractivity contribution in [1.82, 2.24) is 10.2 Å². The van der Waals surface area contributed by atoms with E-state index in [1.165, 1.54) is 13.8 Å². The van der Waals surface area contributed by atoms with Crippen molar-refractivity contribution in [2.45, 2.75) is 19.9 Å². The Morgan fingerprint density at radius 3 is 2.33 bits per heavy atom. The largest absolute Gasteiger partial charge is 0.326 e. The first-order valence-electron chi connectivity index (χ1n) is 3.61. The van der Waals surface area contributed by atoms with Crippen LogP contribution in [-0.2, 0) is 9.59 Å². The van der Waals surface area contributed by atoms with Gasteiger partial charge in [0, 0.05) is 6.92 Å². The summed E-state index contributed by atoms with van der Waals surface area (Å²) < 4.78 is 0. The van der Waals surface area contributed by atoms with Crippen LogP contribution in [-0.4, -0.2) is 35.2 Å². The Morgan fingerprint density at radius 2 is 2.08 bits per heavy atom. The number of imide groups is 1. The van der Waals surface area contributed by atoms with Gasteiger partial charge in [-0.2, -0.15) is 0 Å². The van der Waals surface area contributed by atoms with Crippen molar-refractivity contribution >= 4 is 17.7 Å². The van der Waals surface area contributed by atoms with Crippen LogP contribution in [0.1, 0.15) is 13.8 Å². The number of hydrogen-bond acceptors (Lipinski definition) is 3. The highest BCUT2D eigenvalue weighted by Gasteiger charge is 2.33. The Kier molecular flexibility index (Phi) is 2.12. The number of carbonyl (C=O) groups is 3. The summed E-state index contributed by atoms with van der Waals surface area (Å²) in [6.07, 6.45) is 0. The number of ketones is 1. The molecule has 1 fully saturated rings. The second-order valence-corrected chi connectivity index (χ2v) is 2.74. The lowest BCUT2D eigenvalue weighted by molar-refractivity contribution is -0.125. The Balaban J connectivity index is 2.68. The third-order valence-corrected chi connectivity index (χ3v) is 1.78. The van der Waals surface area contributed by atoms with E-state index in [2.05, 4.69) is 5.32 Å². The minimum Gasteiger partial charge on any atom is -0.326 e. The van der Waals surface area contributed by atoms with Gasteiger partial charge >= 0.3 is 6.03 Å². The molecule has 5 heteroatoms. The summed E-state index contributed by atoms with van der Waals surface area (Å²) >= 11 is 0. The van der Waals surface area contributed by atoms with E-state index in [0.717, 1.165) is 4.90 Å². The molecular formula is C7H10N2O3. The maximum atomic E-state index is 11.0. The van der Waals surface area contributed by atoms with Gasteiger partial charge in [0.1, 0.15) is 6.04 Å². The summed E-state index contributed by atoms with van der Waals surface area (Å²) in [6.45, 7) is 2.83. The van der Waals surface area contributed by atoms with Crippen LogP contribution in [0.5, 0.6) is 0 Å². The molecule has 1 unspecified atom stereocenters. The number of carbonyl (C=O) groups excluding carboxylic acids is 3. The first-order valence-corrected chi connectivity index (χ1v) is 3.61. The molecule has 0 bridgehead atoms. The first kappa shape index (κ1) is 8.70. The van der Waals surface area contributed by atoms with Crippen molar-refractivity contribution < 1.29 is 14.4 Å². The van der Waals surface area contributed by atoms with Crippen LogP contribution in [0.4, 0.5) is 4.79 Å². The monoisotopic (exact) mass is 170 g/mol. The highest BCUT2D eigenvalue weighted by molar-refractivity contribution is 5.99. The van der Waals surface area contributed by atoms with Gasteiger partial charge in [-0.1, -0.05) is 0 Å². The molecule has 1 heterocycles. The lowest BCUT2D eigenvalue weighted by Crippen LogP contribution is -2.33. The van der Waals surface area contributed by atoms with E-state index in [9.17, 15) is 14.4 Å². The molecule has 0 aliphatic carbocycles. The van der Waals surface area contributed by atoms with Crippen molar-refractivity contribution in [1.29, 1.82) is 0 Å². The molecule has 3 amide bonds. The summed E-state index contributed by atoms with van der Waals surface area (Å²) in [6, 6.07) is -1.01. The Hall–Kier alpha value is -1.39. The van der Waals surface area contributed by atoms with Crippen molar-refractivity contribution in [2.24, 2.45) is 0 Å². The molecule has 66 valence electrons. The number of Topliss-reactive ketones (excluding diaryl/α,β-unsaturated/α-hetero) is 1. The van der Waals surface area contributed by atoms with Gasteiger partial charge in [0.05, 0.1) is 6.54 Å². The smallest absolute Gasteiger partial charge is 0.324 e. The van der Waals surface area contributed by atoms with E-state index in [0.29, 0.717) is 0 Å². The van der Waals surface area contributed by atoms with E-state index in [4.69, 9.17) is 0 Å². The van der Waals surface area contributed by atoms with E-state index >= 15 is 0 Å². The van der Waals surface area contributed by atoms with Gasteiger partial charge in [-0.05, 0) is 6.92 Å². The SMILES string of the molecule is CC(=O)C1CN(C(C)=O)C(=O)N1. The second-order valence-electron chi connectivity index (χ2n) is 2.74. The van der Waals surface area contributed by atoms with Crippen molar-refractivity contribution in [2.75, 3.05) is 6.54 Å². The van der Waals surface area contributed by atoms with Crippen molar-refractivity contribution in [3.8, 4) is 0 Å². The molecule has 1 saturated heterocycles. The fraction of sp³-hybridized carbons (Fsp3) is 0.571. The Labute approximate surface area is 69.7 Å². The summed E-state index contributed by atoms with van der Waals surface area (Å²) in [5.74, 6) is -0.469. The number of rotatable bonds is 1. The third kappa shape index (κ3) is 1.44. The molecule has 0 aromatic heterocycles. The quantitative estimate of drug-likeness (QED) is 0.577. The lowest BCUT2D eigenvalue weighted by Gasteiger charge is -2.07. The summed E-state index contributed by atoms with van der Waals surface area (Å²) in [5, 5.41) is 2.40. The lowest BCUT2D eigenvalue weighted by atomic mass is 10.2. The molecular weight excluding hydrogens is 160 g/mol. The van der Waals surface area contributed by atoms with Gasteiger partial charge in [-0.25, -0.2) is 4.79 Å². The molecule has 1 aliphatic rings. The van der Waals surface area contributed by atoms with E-state index < -0.39 is 12.1 Å². The number of nitrogens with one attached hydrogen (secondary N) is 1. The summed E-state index contributed by atoms with van der Waals surface area (Å²) in [7, 11) is 0. The second kappa shape index (κ2) is 2.92. The summed E-state index contributed by atoms with van der Waals surface area (Å²) in [4.78, 5) is 33.6. The molecule has 0 aromatic carbocycles. The Bertz CT molecular complexity index is 249. The topological polar surface area (TPSA) is 66.5 Å². The molecule has 1 atom stereocenters. The minimum atomic E-state index is -0.526. The molecule has 5 nitrogen and oxygen atoms in total. The van der Waals surface area contributed by atoms with Crippen molar-refractivity contribution in [3.63, 3.8) is 0 Å². The van der Waals surface area contributed by atoms with Crippen LogP contribution in [0.25, 0.3) is 0 Å². The average molecular weight is 170 g/mol. The number of urea groups is 1. The van der Waals surface area contributed by atoms with Gasteiger partial charge < -0.3 is 5.32 Å². The van der Waals surface area contributed by atoms with Crippen LogP contribution < -0.4 is 5.32 Å². The van der Waals surface area contributed by atoms with Gasteiger partial charge in [0.25, 0.3) is 0 Å². The predicted octanol–water partition coefficient (Wildman–Crippen LogP) is -0.484. The van der Waals surface area contributed by atoms with Crippen LogP contribution in [0.15, 0.2) is 0 Å². The van der Waals surface area contributed by atoms with E-state index in [-0.39, 0.29) is 18.2 Å². The van der Waals surface area contributed by atoms with E-state index in [1.807, 2.05) is 0 Å². The molecule has 0 spiro atoms. The zero-order valence-corrected chi connectivity index (χ0v) is 6.96. The van der Waals surface area contributed by atoms with Crippen LogP contribution in [0, 0.1) is 0 Å². The summed E-state index contributed by atoms with van der Waals surface area (Å²) in [5.41, 5.74) is 0. The van der Waals surface area contributed by atoms with E-state index in [1.54, 1.807) is 0 Å². The zero-order chi connectivity index (χ0) is 9.30. The Morgan fingerprint density at radius 1 is 1.50 bits per heavy atom. The third-order valence-electron chi connectivity index (χ3n) is 1.78. The fourth-order valence-electron chi connectivity index (χ4n) is 1.04. The maximum Gasteiger partial charge on any atom is 0.324 e. The number of nitrogens with zero attached hydrogens (tertiary/aromatic N) is 1. The van der Waals surface area contributed by atoms with Crippen LogP contribution in [0.2, 0.25) is 0 Å². The first-order chi connectivity index (χ1) is 5.52. The van der Waals surface area contributed by atoms with Crippen LogP contribution >= 0.6 is 0 Å². The van der Waals surface area contributed by atoms with Crippen molar-refractivity contribution in [3.05, 3.63) is 0 Å². The van der Waals surface area contributed by atoms with Gasteiger partial charge in [0.15, 0.2) is 5.78 Å². The number of hydrogen-bond donors (Lipinski definition) is 1. The molecule has 0 aromatic rings. The molecule has 12 heavy (non-hydrogen) atoms. The molecule has 0 saturated carbocycles. The minimum absolute atomic E-state index is 0.132. The van der Waals surface area contributed by atoms with Gasteiger partial charge in [-0.15, -0.1) is 0 Å². The average Bonchev–Trinajstić information content (AvgIpc) is 2.30. The highest BCUT2D eigenvalue weighted by Crippen LogP contribution is 2.04. The molecule has 1 rings (SSSR count). The predicted molar refractivity (Wildman–Crippen MR) is 40.4 cm³/mol. The number of amides is 3. The molecule has 0 radical (unpaired) electrons. The molecule has 1 N–H and O–H groups in total. The highest BCUT2D eigenvalue weighted by atomic mass is 16.2. The maximum absolute atomic E-state index is 11.0. The normalized spacial score (nSPS) is 22.3. The zero-order valence-electron chi connectivity index (χ0n) is 6.96. The standard InChI is InChI=1S/C7H10N2O3/c1-4(10)6-3-9(5(2)11)7(12)8-6/h6H,3H2,1-2H3,(H,8,12).